The van der Waals surface area contributed by atoms with Gasteiger partial charge >= 0.3 is 0 Å². The van der Waals surface area contributed by atoms with Crippen molar-refractivity contribution in [2.24, 2.45) is 0 Å². The molecule has 23 heavy (non-hydrogen) atoms. The lowest BCUT2D eigenvalue weighted by molar-refractivity contribution is 0.0954. The molecule has 0 aliphatic carbocycles. The number of H-pyrrole nitrogens is 1. The van der Waals surface area contributed by atoms with E-state index in [1.165, 1.54) is 22.0 Å². The predicted octanol–water partition coefficient (Wildman–Crippen LogP) is 4.36. The van der Waals surface area contributed by atoms with Gasteiger partial charge in [-0.25, -0.2) is 0 Å². The Kier molecular flexibility index (Phi) is 4.68. The highest BCUT2D eigenvalue weighted by molar-refractivity contribution is 6.30. The highest BCUT2D eigenvalue weighted by atomic mass is 35.5. The van der Waals surface area contributed by atoms with Crippen molar-refractivity contribution in [3.8, 4) is 0 Å². The Morgan fingerprint density at radius 3 is 2.78 bits per heavy atom. The van der Waals surface area contributed by atoms with Crippen molar-refractivity contribution in [3.63, 3.8) is 0 Å². The summed E-state index contributed by atoms with van der Waals surface area (Å²) < 4.78 is 0. The molecule has 3 nitrogen and oxygen atoms in total. The summed E-state index contributed by atoms with van der Waals surface area (Å²) in [7, 11) is 0. The monoisotopic (exact) mass is 326 g/mol. The van der Waals surface area contributed by atoms with Gasteiger partial charge < -0.3 is 10.3 Å². The Labute approximate surface area is 140 Å². The zero-order valence-electron chi connectivity index (χ0n) is 13.0. The normalized spacial score (nSPS) is 10.9. The molecular formula is C19H19ClN2O. The number of halogens is 1. The average molecular weight is 327 g/mol. The number of para-hydroxylation sites is 1. The minimum Gasteiger partial charge on any atom is -0.361 e. The van der Waals surface area contributed by atoms with Crippen LogP contribution in [0.25, 0.3) is 10.9 Å². The molecular weight excluding hydrogens is 308 g/mol. The molecule has 0 aliphatic heterocycles. The number of nitrogens with one attached hydrogen (secondary N) is 2. The summed E-state index contributed by atoms with van der Waals surface area (Å²) in [5, 5.41) is 4.75. The largest absolute Gasteiger partial charge is 0.361 e. The van der Waals surface area contributed by atoms with Crippen molar-refractivity contribution in [2.75, 3.05) is 6.54 Å². The van der Waals surface area contributed by atoms with Crippen molar-refractivity contribution < 1.29 is 4.79 Å². The molecule has 2 N–H and O–H groups in total. The van der Waals surface area contributed by atoms with Crippen molar-refractivity contribution in [1.29, 1.82) is 0 Å². The van der Waals surface area contributed by atoms with Crippen molar-refractivity contribution in [1.82, 2.24) is 10.3 Å². The summed E-state index contributed by atoms with van der Waals surface area (Å²) >= 11 is 5.91. The van der Waals surface area contributed by atoms with Crippen molar-refractivity contribution >= 4 is 28.4 Å². The molecule has 118 valence electrons. The average Bonchev–Trinajstić information content (AvgIpc) is 2.98. The molecule has 2 aromatic carbocycles. The number of fused-ring (bicyclic) bond motifs is 1. The summed E-state index contributed by atoms with van der Waals surface area (Å²) in [4.78, 5) is 15.5. The molecule has 3 aromatic rings. The highest BCUT2D eigenvalue weighted by Crippen LogP contribution is 2.22. The number of aryl methyl sites for hydroxylation is 1. The first kappa shape index (κ1) is 15.6. The van der Waals surface area contributed by atoms with Gasteiger partial charge in [-0.05, 0) is 42.2 Å². The molecule has 0 bridgehead atoms. The van der Waals surface area contributed by atoms with E-state index >= 15 is 0 Å². The molecule has 0 unspecified atom stereocenters. The summed E-state index contributed by atoms with van der Waals surface area (Å²) in [6.07, 6.45) is 3.83. The summed E-state index contributed by atoms with van der Waals surface area (Å²) in [5.74, 6) is -0.0958. The number of amides is 1. The molecule has 0 radical (unpaired) electrons. The maximum atomic E-state index is 12.1. The fourth-order valence-electron chi connectivity index (χ4n) is 2.82. The lowest BCUT2D eigenvalue weighted by atomic mass is 10.1. The number of carbonyl (C=O) groups is 1. The third-order valence-corrected chi connectivity index (χ3v) is 4.27. The van der Waals surface area contributed by atoms with Crippen molar-refractivity contribution in [2.45, 2.75) is 19.8 Å². The molecule has 1 amide bonds. The Balaban J connectivity index is 1.66. The van der Waals surface area contributed by atoms with Gasteiger partial charge in [-0.3, -0.25) is 4.79 Å². The number of aromatic amines is 1. The lowest BCUT2D eigenvalue weighted by Crippen LogP contribution is -2.25. The standard InChI is InChI=1S/C19H19ClN2O/c1-2-13-5-4-8-17-15(12-22-18(13)17)9-10-21-19(23)14-6-3-7-16(20)11-14/h3-8,11-12,22H,2,9-10H2,1H3,(H,21,23). The van der Waals surface area contributed by atoms with Crippen molar-refractivity contribution in [3.05, 3.63) is 70.4 Å². The number of hydrogen-bond donors (Lipinski definition) is 2. The van der Waals surface area contributed by atoms with Crippen LogP contribution in [0.1, 0.15) is 28.4 Å². The molecule has 1 aromatic heterocycles. The van der Waals surface area contributed by atoms with Gasteiger partial charge in [0, 0.05) is 34.2 Å². The van der Waals surface area contributed by atoms with E-state index in [1.807, 2.05) is 6.20 Å². The van der Waals surface area contributed by atoms with E-state index < -0.39 is 0 Å². The van der Waals surface area contributed by atoms with Gasteiger partial charge in [0.2, 0.25) is 0 Å². The summed E-state index contributed by atoms with van der Waals surface area (Å²) in [6.45, 7) is 2.75. The van der Waals surface area contributed by atoms with Crippen LogP contribution in [0.15, 0.2) is 48.7 Å². The van der Waals surface area contributed by atoms with Crippen LogP contribution in [0.5, 0.6) is 0 Å². The van der Waals surface area contributed by atoms with E-state index in [9.17, 15) is 4.79 Å². The number of carbonyl (C=O) groups excluding carboxylic acids is 1. The van der Waals surface area contributed by atoms with Gasteiger partial charge in [-0.1, -0.05) is 42.8 Å². The van der Waals surface area contributed by atoms with Crippen LogP contribution >= 0.6 is 11.6 Å². The molecule has 0 atom stereocenters. The van der Waals surface area contributed by atoms with E-state index in [2.05, 4.69) is 35.4 Å². The molecule has 0 spiro atoms. The van der Waals surface area contributed by atoms with Gasteiger partial charge in [0.05, 0.1) is 0 Å². The van der Waals surface area contributed by atoms with Crippen LogP contribution in [-0.4, -0.2) is 17.4 Å². The molecule has 0 saturated carbocycles. The van der Waals surface area contributed by atoms with Crippen LogP contribution < -0.4 is 5.32 Å². The van der Waals surface area contributed by atoms with Gasteiger partial charge in [0.1, 0.15) is 0 Å². The quantitative estimate of drug-likeness (QED) is 0.719. The van der Waals surface area contributed by atoms with Gasteiger partial charge in [0.15, 0.2) is 0 Å². The number of aromatic nitrogens is 1. The van der Waals surface area contributed by atoms with Crippen LogP contribution in [0, 0.1) is 0 Å². The van der Waals surface area contributed by atoms with E-state index in [0.29, 0.717) is 17.1 Å². The first-order valence-electron chi connectivity index (χ1n) is 7.80. The molecule has 1 heterocycles. The van der Waals surface area contributed by atoms with E-state index in [0.717, 1.165) is 12.8 Å². The second-order valence-corrected chi connectivity index (χ2v) is 5.96. The van der Waals surface area contributed by atoms with Gasteiger partial charge in [0.25, 0.3) is 5.91 Å². The second kappa shape index (κ2) is 6.88. The first-order valence-corrected chi connectivity index (χ1v) is 8.18. The van der Waals surface area contributed by atoms with Crippen LogP contribution in [0.4, 0.5) is 0 Å². The minimum atomic E-state index is -0.0958. The maximum Gasteiger partial charge on any atom is 0.251 e. The Morgan fingerprint density at radius 1 is 1.17 bits per heavy atom. The first-order chi connectivity index (χ1) is 11.2. The van der Waals surface area contributed by atoms with Crippen LogP contribution in [0.3, 0.4) is 0 Å². The van der Waals surface area contributed by atoms with Crippen LogP contribution in [-0.2, 0) is 12.8 Å². The zero-order valence-corrected chi connectivity index (χ0v) is 13.8. The lowest BCUT2D eigenvalue weighted by Gasteiger charge is -2.05. The van der Waals surface area contributed by atoms with Gasteiger partial charge in [-0.15, -0.1) is 0 Å². The fourth-order valence-corrected chi connectivity index (χ4v) is 3.01. The Hall–Kier alpha value is -2.26. The molecule has 0 fully saturated rings. The predicted molar refractivity (Wildman–Crippen MR) is 95.2 cm³/mol. The molecule has 0 aliphatic rings. The number of benzene rings is 2. The molecule has 3 rings (SSSR count). The summed E-state index contributed by atoms with van der Waals surface area (Å²) in [5.41, 5.74) is 4.33. The second-order valence-electron chi connectivity index (χ2n) is 5.52. The van der Waals surface area contributed by atoms with Crippen LogP contribution in [0.2, 0.25) is 5.02 Å². The maximum absolute atomic E-state index is 12.1. The SMILES string of the molecule is CCc1cccc2c(CCNC(=O)c3cccc(Cl)c3)c[nH]c12. The zero-order chi connectivity index (χ0) is 16.2. The van der Waals surface area contributed by atoms with Gasteiger partial charge in [-0.2, -0.15) is 0 Å². The summed E-state index contributed by atoms with van der Waals surface area (Å²) in [6, 6.07) is 13.3. The number of rotatable bonds is 5. The molecule has 4 heteroatoms. The Morgan fingerprint density at radius 2 is 2.00 bits per heavy atom. The highest BCUT2D eigenvalue weighted by Gasteiger charge is 2.08. The van der Waals surface area contributed by atoms with E-state index in [1.54, 1.807) is 24.3 Å². The Bertz CT molecular complexity index is 838. The fraction of sp³-hybridized carbons (Fsp3) is 0.211. The number of hydrogen-bond acceptors (Lipinski definition) is 1. The topological polar surface area (TPSA) is 44.9 Å². The van der Waals surface area contributed by atoms with E-state index in [4.69, 9.17) is 11.6 Å². The molecule has 0 saturated heterocycles. The third-order valence-electron chi connectivity index (χ3n) is 4.04. The van der Waals surface area contributed by atoms with E-state index in [-0.39, 0.29) is 5.91 Å². The third kappa shape index (κ3) is 3.40. The smallest absolute Gasteiger partial charge is 0.251 e. The minimum absolute atomic E-state index is 0.0958.